The van der Waals surface area contributed by atoms with Gasteiger partial charge in [-0.2, -0.15) is 13.2 Å². The van der Waals surface area contributed by atoms with Crippen molar-refractivity contribution in [3.8, 4) is 0 Å². The van der Waals surface area contributed by atoms with Gasteiger partial charge in [-0.3, -0.25) is 0 Å². The standard InChI is InChI=1S/C10H16BF3N2/c1-3-4-5-7-8(6-11)16(2)9(15-7)10(12,13)14/h3-6,11H2,1-2H3. The lowest BCUT2D eigenvalue weighted by Crippen LogP contribution is -2.13. The molecule has 90 valence electrons. The van der Waals surface area contributed by atoms with Crippen LogP contribution in [0, 0.1) is 0 Å². The predicted molar refractivity (Wildman–Crippen MR) is 59.1 cm³/mol. The maximum absolute atomic E-state index is 12.6. The van der Waals surface area contributed by atoms with Gasteiger partial charge in [0.1, 0.15) is 7.85 Å². The molecule has 6 heteroatoms. The number of unbranched alkanes of at least 4 members (excludes halogenated alkanes) is 1. The highest BCUT2D eigenvalue weighted by molar-refractivity contribution is 6.08. The van der Waals surface area contributed by atoms with Crippen molar-refractivity contribution in [1.82, 2.24) is 9.55 Å². The summed E-state index contributed by atoms with van der Waals surface area (Å²) in [7, 11) is 3.29. The topological polar surface area (TPSA) is 17.8 Å². The van der Waals surface area contributed by atoms with E-state index >= 15 is 0 Å². The maximum Gasteiger partial charge on any atom is 0.449 e. The summed E-state index contributed by atoms with van der Waals surface area (Å²) >= 11 is 0. The van der Waals surface area contributed by atoms with Crippen molar-refractivity contribution in [2.75, 3.05) is 0 Å². The summed E-state index contributed by atoms with van der Waals surface area (Å²) in [5, 5.41) is 0. The van der Waals surface area contributed by atoms with Gasteiger partial charge in [0, 0.05) is 12.7 Å². The molecular weight excluding hydrogens is 216 g/mol. The molecule has 0 aliphatic heterocycles. The number of imidazole rings is 1. The Morgan fingerprint density at radius 1 is 1.38 bits per heavy atom. The lowest BCUT2D eigenvalue weighted by molar-refractivity contribution is -0.146. The third-order valence-corrected chi connectivity index (χ3v) is 2.65. The Labute approximate surface area is 94.3 Å². The smallest absolute Gasteiger partial charge is 0.328 e. The first-order valence-corrected chi connectivity index (χ1v) is 5.53. The van der Waals surface area contributed by atoms with Crippen LogP contribution in [0.15, 0.2) is 0 Å². The summed E-state index contributed by atoms with van der Waals surface area (Å²) in [4.78, 5) is 3.73. The highest BCUT2D eigenvalue weighted by Gasteiger charge is 2.37. The molecule has 0 saturated heterocycles. The molecule has 1 aromatic heterocycles. The summed E-state index contributed by atoms with van der Waals surface area (Å²) in [6, 6.07) is 0. The molecule has 0 saturated carbocycles. The van der Waals surface area contributed by atoms with Crippen LogP contribution in [0.1, 0.15) is 37.0 Å². The number of hydrogen-bond donors (Lipinski definition) is 0. The molecule has 1 rings (SSSR count). The second-order valence-electron chi connectivity index (χ2n) is 3.84. The predicted octanol–water partition coefficient (Wildman–Crippen LogP) is 1.91. The summed E-state index contributed by atoms with van der Waals surface area (Å²) in [6.45, 7) is 2.01. The molecule has 16 heavy (non-hydrogen) atoms. The summed E-state index contributed by atoms with van der Waals surface area (Å²) in [5.41, 5.74) is 1.29. The quantitative estimate of drug-likeness (QED) is 0.725. The summed E-state index contributed by atoms with van der Waals surface area (Å²) in [6.07, 6.45) is -1.31. The van der Waals surface area contributed by atoms with E-state index < -0.39 is 12.0 Å². The van der Waals surface area contributed by atoms with Gasteiger partial charge in [0.2, 0.25) is 5.82 Å². The number of alkyl halides is 3. The third-order valence-electron chi connectivity index (χ3n) is 2.65. The molecular formula is C10H16BF3N2. The van der Waals surface area contributed by atoms with Crippen molar-refractivity contribution >= 4 is 7.85 Å². The molecule has 0 aromatic carbocycles. The molecule has 0 aliphatic rings. The zero-order valence-electron chi connectivity index (χ0n) is 9.86. The molecule has 0 fully saturated rings. The van der Waals surface area contributed by atoms with Gasteiger partial charge in [-0.15, -0.1) is 0 Å². The zero-order valence-corrected chi connectivity index (χ0v) is 9.86. The van der Waals surface area contributed by atoms with Crippen LogP contribution in [0.4, 0.5) is 13.2 Å². The van der Waals surface area contributed by atoms with Crippen molar-refractivity contribution in [1.29, 1.82) is 0 Å². The van der Waals surface area contributed by atoms with E-state index in [2.05, 4.69) is 4.98 Å². The fraction of sp³-hybridized carbons (Fsp3) is 0.700. The average molecular weight is 232 g/mol. The first-order chi connectivity index (χ1) is 7.41. The normalized spacial score (nSPS) is 12.1. The van der Waals surface area contributed by atoms with Gasteiger partial charge in [0.15, 0.2) is 0 Å². The van der Waals surface area contributed by atoms with Crippen LogP contribution >= 0.6 is 0 Å². The molecule has 0 aliphatic carbocycles. The van der Waals surface area contributed by atoms with Crippen molar-refractivity contribution in [3.63, 3.8) is 0 Å². The van der Waals surface area contributed by atoms with Crippen LogP contribution in [-0.2, 0) is 26.0 Å². The Morgan fingerprint density at radius 3 is 2.44 bits per heavy atom. The molecule has 0 N–H and O–H groups in total. The number of rotatable bonds is 4. The van der Waals surface area contributed by atoms with E-state index in [1.54, 1.807) is 0 Å². The van der Waals surface area contributed by atoms with E-state index in [9.17, 15) is 13.2 Å². The van der Waals surface area contributed by atoms with Gasteiger partial charge in [-0.05, 0) is 19.2 Å². The summed E-state index contributed by atoms with van der Waals surface area (Å²) in [5.74, 6) is -0.782. The zero-order chi connectivity index (χ0) is 12.3. The molecule has 1 aromatic rings. The third kappa shape index (κ3) is 2.60. The van der Waals surface area contributed by atoms with Gasteiger partial charge in [0.05, 0.1) is 5.69 Å². The van der Waals surface area contributed by atoms with Crippen LogP contribution in [0.5, 0.6) is 0 Å². The largest absolute Gasteiger partial charge is 0.449 e. The minimum absolute atomic E-state index is 0.582. The van der Waals surface area contributed by atoms with E-state index in [4.69, 9.17) is 0 Å². The Kier molecular flexibility index (Phi) is 4.05. The van der Waals surface area contributed by atoms with Crippen LogP contribution in [0.25, 0.3) is 0 Å². The second-order valence-corrected chi connectivity index (χ2v) is 3.84. The molecule has 0 atom stereocenters. The number of nitrogens with zero attached hydrogens (tertiary/aromatic N) is 2. The Balaban J connectivity index is 3.10. The molecule has 0 spiro atoms. The van der Waals surface area contributed by atoms with Gasteiger partial charge >= 0.3 is 6.18 Å². The fourth-order valence-corrected chi connectivity index (χ4v) is 1.83. The first-order valence-electron chi connectivity index (χ1n) is 5.53. The first kappa shape index (κ1) is 13.1. The van der Waals surface area contributed by atoms with E-state index in [-0.39, 0.29) is 0 Å². The van der Waals surface area contributed by atoms with Crippen LogP contribution in [0.2, 0.25) is 0 Å². The lowest BCUT2D eigenvalue weighted by Gasteiger charge is -2.07. The Hall–Kier alpha value is -0.935. The maximum atomic E-state index is 12.6. The van der Waals surface area contributed by atoms with Crippen molar-refractivity contribution in [2.24, 2.45) is 7.05 Å². The average Bonchev–Trinajstić information content (AvgIpc) is 2.51. The highest BCUT2D eigenvalue weighted by Crippen LogP contribution is 2.30. The Morgan fingerprint density at radius 2 is 2.00 bits per heavy atom. The van der Waals surface area contributed by atoms with Crippen LogP contribution in [-0.4, -0.2) is 17.4 Å². The number of aryl methyl sites for hydroxylation is 1. The van der Waals surface area contributed by atoms with E-state index in [1.807, 2.05) is 14.8 Å². The molecule has 2 nitrogen and oxygen atoms in total. The van der Waals surface area contributed by atoms with Gasteiger partial charge in [0.25, 0.3) is 0 Å². The van der Waals surface area contributed by atoms with Gasteiger partial charge < -0.3 is 4.57 Å². The van der Waals surface area contributed by atoms with Crippen LogP contribution < -0.4 is 0 Å². The molecule has 0 unspecified atom stereocenters. The molecule has 0 amide bonds. The lowest BCUT2D eigenvalue weighted by atomic mass is 9.99. The van der Waals surface area contributed by atoms with Crippen LogP contribution in [0.3, 0.4) is 0 Å². The van der Waals surface area contributed by atoms with Gasteiger partial charge in [-0.25, -0.2) is 4.98 Å². The van der Waals surface area contributed by atoms with Gasteiger partial charge in [-0.1, -0.05) is 13.3 Å². The van der Waals surface area contributed by atoms with Crippen molar-refractivity contribution < 1.29 is 13.2 Å². The number of aromatic nitrogens is 2. The molecule has 1 heterocycles. The minimum Gasteiger partial charge on any atom is -0.328 e. The molecule has 0 bridgehead atoms. The van der Waals surface area contributed by atoms with E-state index in [0.29, 0.717) is 24.1 Å². The highest BCUT2D eigenvalue weighted by atomic mass is 19.4. The van der Waals surface area contributed by atoms with Crippen molar-refractivity contribution in [3.05, 3.63) is 17.2 Å². The fourth-order valence-electron chi connectivity index (χ4n) is 1.83. The monoisotopic (exact) mass is 232 g/mol. The van der Waals surface area contributed by atoms with Crippen molar-refractivity contribution in [2.45, 2.75) is 38.7 Å². The number of hydrogen-bond acceptors (Lipinski definition) is 1. The second kappa shape index (κ2) is 4.93. The number of halogens is 3. The van der Waals surface area contributed by atoms with E-state index in [0.717, 1.165) is 12.8 Å². The molecule has 0 radical (unpaired) electrons. The Bertz CT molecular complexity index is 358. The SMILES string of the molecule is BCc1c(CCCC)nc(C(F)(F)F)n1C. The summed E-state index contributed by atoms with van der Waals surface area (Å²) < 4.78 is 39.0. The minimum atomic E-state index is -4.36. The van der Waals surface area contributed by atoms with E-state index in [1.165, 1.54) is 11.6 Å².